The molecule has 1 saturated heterocycles. The minimum absolute atomic E-state index is 0.0919. The van der Waals surface area contributed by atoms with Crippen molar-refractivity contribution in [2.24, 2.45) is 0 Å². The maximum Gasteiger partial charge on any atom is 0.289 e. The molecular formula is C16H18ClNO3. The SMILES string of the molecule is CC(O)CC1CCCN1C(=O)c1cc2cc(Cl)ccc2o1. The van der Waals surface area contributed by atoms with Gasteiger partial charge in [-0.15, -0.1) is 0 Å². The number of benzene rings is 1. The number of hydrogen-bond acceptors (Lipinski definition) is 3. The van der Waals surface area contributed by atoms with E-state index in [1.54, 1.807) is 31.2 Å². The van der Waals surface area contributed by atoms with E-state index in [0.717, 1.165) is 18.2 Å². The Morgan fingerprint density at radius 2 is 2.33 bits per heavy atom. The Morgan fingerprint density at radius 3 is 3.10 bits per heavy atom. The van der Waals surface area contributed by atoms with Gasteiger partial charge in [0.15, 0.2) is 5.76 Å². The van der Waals surface area contributed by atoms with E-state index >= 15 is 0 Å². The second kappa shape index (κ2) is 5.70. The third-order valence-corrected chi connectivity index (χ3v) is 4.18. The second-order valence-electron chi connectivity index (χ2n) is 5.67. The van der Waals surface area contributed by atoms with Gasteiger partial charge < -0.3 is 14.4 Å². The number of fused-ring (bicyclic) bond motifs is 1. The number of hydrogen-bond donors (Lipinski definition) is 1. The molecule has 0 bridgehead atoms. The summed E-state index contributed by atoms with van der Waals surface area (Å²) in [6.07, 6.45) is 2.10. The summed E-state index contributed by atoms with van der Waals surface area (Å²) < 4.78 is 5.64. The minimum atomic E-state index is -0.405. The van der Waals surface area contributed by atoms with E-state index < -0.39 is 6.10 Å². The van der Waals surface area contributed by atoms with Gasteiger partial charge in [0.05, 0.1) is 6.10 Å². The molecule has 1 fully saturated rings. The molecule has 1 aliphatic heterocycles. The number of furan rings is 1. The van der Waals surface area contributed by atoms with Gasteiger partial charge in [-0.25, -0.2) is 0 Å². The van der Waals surface area contributed by atoms with Crippen molar-refractivity contribution in [3.63, 3.8) is 0 Å². The Labute approximate surface area is 128 Å². The van der Waals surface area contributed by atoms with Crippen LogP contribution in [0.3, 0.4) is 0 Å². The molecule has 1 aliphatic rings. The lowest BCUT2D eigenvalue weighted by atomic mass is 10.1. The maximum absolute atomic E-state index is 12.6. The Kier molecular flexibility index (Phi) is 3.91. The summed E-state index contributed by atoms with van der Waals surface area (Å²) in [5.74, 6) is 0.232. The highest BCUT2D eigenvalue weighted by Crippen LogP contribution is 2.27. The van der Waals surface area contributed by atoms with Crippen molar-refractivity contribution in [2.75, 3.05) is 6.54 Å². The first-order chi connectivity index (χ1) is 10.0. The predicted molar refractivity (Wildman–Crippen MR) is 81.6 cm³/mol. The minimum Gasteiger partial charge on any atom is -0.451 e. The Hall–Kier alpha value is -1.52. The maximum atomic E-state index is 12.6. The van der Waals surface area contributed by atoms with Crippen LogP contribution in [0.25, 0.3) is 11.0 Å². The molecule has 1 N–H and O–H groups in total. The quantitative estimate of drug-likeness (QED) is 0.944. The zero-order valence-corrected chi connectivity index (χ0v) is 12.6. The number of amides is 1. The van der Waals surface area contributed by atoms with E-state index in [4.69, 9.17) is 16.0 Å². The molecule has 1 amide bonds. The van der Waals surface area contributed by atoms with Crippen molar-refractivity contribution in [1.29, 1.82) is 0 Å². The van der Waals surface area contributed by atoms with Gasteiger partial charge in [0.2, 0.25) is 0 Å². The molecule has 2 aromatic rings. The predicted octanol–water partition coefficient (Wildman–Crippen LogP) is 3.46. The number of aliphatic hydroxyl groups is 1. The highest BCUT2D eigenvalue weighted by Gasteiger charge is 2.31. The fraction of sp³-hybridized carbons (Fsp3) is 0.438. The molecular weight excluding hydrogens is 290 g/mol. The highest BCUT2D eigenvalue weighted by atomic mass is 35.5. The molecule has 3 rings (SSSR count). The van der Waals surface area contributed by atoms with Crippen molar-refractivity contribution in [3.8, 4) is 0 Å². The van der Waals surface area contributed by atoms with E-state index in [1.807, 2.05) is 4.90 Å². The molecule has 4 nitrogen and oxygen atoms in total. The van der Waals surface area contributed by atoms with Gasteiger partial charge in [0, 0.05) is 23.0 Å². The summed E-state index contributed by atoms with van der Waals surface area (Å²) in [5, 5.41) is 11.0. The van der Waals surface area contributed by atoms with Gasteiger partial charge in [0.1, 0.15) is 5.58 Å². The second-order valence-corrected chi connectivity index (χ2v) is 6.11. The first-order valence-electron chi connectivity index (χ1n) is 7.23. The zero-order chi connectivity index (χ0) is 15.0. The van der Waals surface area contributed by atoms with E-state index in [9.17, 15) is 9.90 Å². The van der Waals surface area contributed by atoms with Gasteiger partial charge >= 0.3 is 0 Å². The van der Waals surface area contributed by atoms with Gasteiger partial charge in [-0.05, 0) is 50.5 Å². The van der Waals surface area contributed by atoms with Gasteiger partial charge in [-0.2, -0.15) is 0 Å². The van der Waals surface area contributed by atoms with Gasteiger partial charge in [-0.3, -0.25) is 4.79 Å². The fourth-order valence-electron chi connectivity index (χ4n) is 3.00. The van der Waals surface area contributed by atoms with Crippen molar-refractivity contribution in [1.82, 2.24) is 4.90 Å². The molecule has 0 saturated carbocycles. The van der Waals surface area contributed by atoms with Crippen molar-refractivity contribution in [3.05, 3.63) is 35.0 Å². The number of halogens is 1. The van der Waals surface area contributed by atoms with Crippen LogP contribution in [0.4, 0.5) is 0 Å². The normalized spacial score (nSPS) is 20.1. The van der Waals surface area contributed by atoms with Crippen LogP contribution in [-0.2, 0) is 0 Å². The Morgan fingerprint density at radius 1 is 1.52 bits per heavy atom. The van der Waals surface area contributed by atoms with Crippen LogP contribution in [0.1, 0.15) is 36.7 Å². The van der Waals surface area contributed by atoms with Crippen LogP contribution in [-0.4, -0.2) is 34.6 Å². The number of likely N-dealkylation sites (tertiary alicyclic amines) is 1. The van der Waals surface area contributed by atoms with Crippen molar-refractivity contribution < 1.29 is 14.3 Å². The van der Waals surface area contributed by atoms with E-state index in [2.05, 4.69) is 0 Å². The first kappa shape index (κ1) is 14.4. The topological polar surface area (TPSA) is 53.7 Å². The van der Waals surface area contributed by atoms with E-state index in [0.29, 0.717) is 29.3 Å². The molecule has 21 heavy (non-hydrogen) atoms. The van der Waals surface area contributed by atoms with Crippen LogP contribution >= 0.6 is 11.6 Å². The summed E-state index contributed by atoms with van der Waals surface area (Å²) in [6.45, 7) is 2.47. The molecule has 0 spiro atoms. The lowest BCUT2D eigenvalue weighted by molar-refractivity contribution is 0.0653. The molecule has 2 atom stereocenters. The van der Waals surface area contributed by atoms with Crippen LogP contribution in [0.2, 0.25) is 5.02 Å². The van der Waals surface area contributed by atoms with E-state index in [1.165, 1.54) is 0 Å². The fourth-order valence-corrected chi connectivity index (χ4v) is 3.18. The van der Waals surface area contributed by atoms with Crippen LogP contribution < -0.4 is 0 Å². The molecule has 0 aliphatic carbocycles. The summed E-state index contributed by atoms with van der Waals surface area (Å²) >= 11 is 5.95. The van der Waals surface area contributed by atoms with Crippen molar-refractivity contribution >= 4 is 28.5 Å². The average Bonchev–Trinajstić information content (AvgIpc) is 3.03. The standard InChI is InChI=1S/C16H18ClNO3/c1-10(19)7-13-3-2-6-18(13)16(20)15-9-11-8-12(17)4-5-14(11)21-15/h4-5,8-10,13,19H,2-3,6-7H2,1H3. The summed E-state index contributed by atoms with van der Waals surface area (Å²) in [7, 11) is 0. The number of nitrogens with zero attached hydrogens (tertiary/aromatic N) is 1. The van der Waals surface area contributed by atoms with Crippen molar-refractivity contribution in [2.45, 2.75) is 38.3 Å². The summed E-state index contributed by atoms with van der Waals surface area (Å²) in [5.41, 5.74) is 0.661. The Bertz CT molecular complexity index is 665. The van der Waals surface area contributed by atoms with Crippen LogP contribution in [0.15, 0.2) is 28.7 Å². The summed E-state index contributed by atoms with van der Waals surface area (Å²) in [4.78, 5) is 14.4. The van der Waals surface area contributed by atoms with E-state index in [-0.39, 0.29) is 11.9 Å². The lowest BCUT2D eigenvalue weighted by Gasteiger charge is -2.24. The molecule has 112 valence electrons. The third-order valence-electron chi connectivity index (χ3n) is 3.94. The number of aliphatic hydroxyl groups excluding tert-OH is 1. The van der Waals surface area contributed by atoms with Crippen LogP contribution in [0.5, 0.6) is 0 Å². The molecule has 2 unspecified atom stereocenters. The molecule has 5 heteroatoms. The first-order valence-corrected chi connectivity index (χ1v) is 7.60. The lowest BCUT2D eigenvalue weighted by Crippen LogP contribution is -2.37. The zero-order valence-electron chi connectivity index (χ0n) is 11.9. The molecule has 2 heterocycles. The Balaban J connectivity index is 1.85. The highest BCUT2D eigenvalue weighted by molar-refractivity contribution is 6.31. The third kappa shape index (κ3) is 2.92. The molecule has 0 radical (unpaired) electrons. The van der Waals surface area contributed by atoms with Gasteiger partial charge in [0.25, 0.3) is 5.91 Å². The largest absolute Gasteiger partial charge is 0.451 e. The smallest absolute Gasteiger partial charge is 0.289 e. The summed E-state index contributed by atoms with van der Waals surface area (Å²) in [6, 6.07) is 7.13. The molecule has 1 aromatic heterocycles. The average molecular weight is 308 g/mol. The molecule has 1 aromatic carbocycles. The number of carbonyl (C=O) groups is 1. The number of carbonyl (C=O) groups excluding carboxylic acids is 1. The van der Waals surface area contributed by atoms with Crippen LogP contribution in [0, 0.1) is 0 Å². The van der Waals surface area contributed by atoms with Gasteiger partial charge in [-0.1, -0.05) is 11.6 Å². The number of rotatable bonds is 3. The monoisotopic (exact) mass is 307 g/mol.